The van der Waals surface area contributed by atoms with E-state index in [4.69, 9.17) is 15.2 Å². The van der Waals surface area contributed by atoms with Crippen LogP contribution in [0.25, 0.3) is 0 Å². The van der Waals surface area contributed by atoms with Gasteiger partial charge in [-0.3, -0.25) is 9.59 Å². The molecule has 2 fully saturated rings. The summed E-state index contributed by atoms with van der Waals surface area (Å²) in [6.45, 7) is 2.05. The summed E-state index contributed by atoms with van der Waals surface area (Å²) in [4.78, 5) is 24.7. The molecule has 2 aliphatic heterocycles. The Morgan fingerprint density at radius 3 is 2.28 bits per heavy atom. The van der Waals surface area contributed by atoms with Crippen molar-refractivity contribution in [2.24, 2.45) is 11.1 Å². The van der Waals surface area contributed by atoms with E-state index in [9.17, 15) is 9.59 Å². The normalized spacial score (nSPS) is 22.4. The van der Waals surface area contributed by atoms with Crippen LogP contribution in [0.15, 0.2) is 24.3 Å². The maximum absolute atomic E-state index is 12.6. The van der Waals surface area contributed by atoms with Crippen LogP contribution < -0.4 is 16.4 Å². The molecule has 2 saturated heterocycles. The lowest BCUT2D eigenvalue weighted by Gasteiger charge is -2.34. The van der Waals surface area contributed by atoms with Gasteiger partial charge in [0.2, 0.25) is 5.91 Å². The first-order valence-corrected chi connectivity index (χ1v) is 8.75. The summed E-state index contributed by atoms with van der Waals surface area (Å²) in [5, 5.41) is 5.76. The summed E-state index contributed by atoms with van der Waals surface area (Å²) in [6, 6.07) is 7.07. The maximum atomic E-state index is 12.6. The van der Waals surface area contributed by atoms with Crippen molar-refractivity contribution >= 4 is 23.2 Å². The number of ether oxygens (including phenoxy) is 2. The van der Waals surface area contributed by atoms with Crippen LogP contribution in [-0.2, 0) is 19.1 Å². The molecule has 7 nitrogen and oxygen atoms in total. The zero-order valence-electron chi connectivity index (χ0n) is 14.3. The summed E-state index contributed by atoms with van der Waals surface area (Å²) >= 11 is 0. The highest BCUT2D eigenvalue weighted by Crippen LogP contribution is 2.31. The number of carbonyl (C=O) groups excluding carboxylic acids is 2. The van der Waals surface area contributed by atoms with Crippen LogP contribution in [0.4, 0.5) is 11.4 Å². The first kappa shape index (κ1) is 17.8. The maximum Gasteiger partial charge on any atom is 0.253 e. The average Bonchev–Trinajstić information content (AvgIpc) is 3.19. The van der Waals surface area contributed by atoms with Crippen molar-refractivity contribution in [1.29, 1.82) is 0 Å². The molecule has 1 aromatic rings. The van der Waals surface area contributed by atoms with Gasteiger partial charge in [-0.1, -0.05) is 0 Å². The fourth-order valence-electron chi connectivity index (χ4n) is 3.19. The molecule has 25 heavy (non-hydrogen) atoms. The van der Waals surface area contributed by atoms with E-state index in [-0.39, 0.29) is 17.9 Å². The monoisotopic (exact) mass is 347 g/mol. The molecule has 1 unspecified atom stereocenters. The van der Waals surface area contributed by atoms with Gasteiger partial charge in [-0.05, 0) is 49.9 Å². The van der Waals surface area contributed by atoms with Crippen molar-refractivity contribution in [3.63, 3.8) is 0 Å². The van der Waals surface area contributed by atoms with E-state index in [1.165, 1.54) is 0 Å². The molecule has 7 heteroatoms. The molecule has 0 saturated carbocycles. The lowest BCUT2D eigenvalue weighted by molar-refractivity contribution is -0.130. The number of rotatable bonds is 5. The third kappa shape index (κ3) is 4.18. The van der Waals surface area contributed by atoms with Gasteiger partial charge in [0.05, 0.1) is 5.41 Å². The van der Waals surface area contributed by atoms with Crippen LogP contribution in [0.5, 0.6) is 0 Å². The summed E-state index contributed by atoms with van der Waals surface area (Å²) in [5.74, 6) is -0.201. The van der Waals surface area contributed by atoms with Crippen molar-refractivity contribution in [1.82, 2.24) is 0 Å². The Morgan fingerprint density at radius 2 is 1.72 bits per heavy atom. The number of carbonyl (C=O) groups is 2. The van der Waals surface area contributed by atoms with Gasteiger partial charge < -0.3 is 25.8 Å². The van der Waals surface area contributed by atoms with Gasteiger partial charge in [-0.2, -0.15) is 0 Å². The zero-order valence-corrected chi connectivity index (χ0v) is 14.3. The summed E-state index contributed by atoms with van der Waals surface area (Å²) in [7, 11) is 0. The van der Waals surface area contributed by atoms with Gasteiger partial charge >= 0.3 is 0 Å². The second-order valence-corrected chi connectivity index (χ2v) is 6.62. The van der Waals surface area contributed by atoms with Crippen LogP contribution in [0, 0.1) is 5.41 Å². The van der Waals surface area contributed by atoms with E-state index < -0.39 is 5.41 Å². The quantitative estimate of drug-likeness (QED) is 0.749. The minimum absolute atomic E-state index is 0.0746. The molecule has 2 amide bonds. The molecule has 0 spiro atoms. The van der Waals surface area contributed by atoms with E-state index in [0.717, 1.165) is 12.8 Å². The van der Waals surface area contributed by atoms with E-state index in [1.54, 1.807) is 24.3 Å². The standard InChI is InChI=1S/C18H25N3O4/c19-12-18(7-10-24-11-8-18)17(23)21-14-5-3-13(4-6-14)20-16(22)15-2-1-9-25-15/h3-6,15H,1-2,7-12,19H2,(H,20,22)(H,21,23). The molecule has 0 radical (unpaired) electrons. The molecule has 136 valence electrons. The fraction of sp³-hybridized carbons (Fsp3) is 0.556. The molecule has 4 N–H and O–H groups in total. The summed E-state index contributed by atoms with van der Waals surface area (Å²) in [6.07, 6.45) is 2.56. The highest BCUT2D eigenvalue weighted by Gasteiger charge is 2.38. The Morgan fingerprint density at radius 1 is 1.08 bits per heavy atom. The third-order valence-corrected chi connectivity index (χ3v) is 4.95. The second kappa shape index (κ2) is 7.95. The Balaban J connectivity index is 1.58. The van der Waals surface area contributed by atoms with Crippen molar-refractivity contribution in [2.45, 2.75) is 31.8 Å². The molecular formula is C18H25N3O4. The smallest absolute Gasteiger partial charge is 0.253 e. The first-order valence-electron chi connectivity index (χ1n) is 8.75. The van der Waals surface area contributed by atoms with Gasteiger partial charge in [0.1, 0.15) is 6.10 Å². The van der Waals surface area contributed by atoms with Gasteiger partial charge in [0.25, 0.3) is 5.91 Å². The topological polar surface area (TPSA) is 103 Å². The molecule has 0 aromatic heterocycles. The van der Waals surface area contributed by atoms with E-state index in [1.807, 2.05) is 0 Å². The molecule has 2 aliphatic rings. The van der Waals surface area contributed by atoms with Crippen LogP contribution >= 0.6 is 0 Å². The Hall–Kier alpha value is -1.96. The van der Waals surface area contributed by atoms with E-state index in [0.29, 0.717) is 50.6 Å². The Labute approximate surface area is 147 Å². The number of amides is 2. The summed E-state index contributed by atoms with van der Waals surface area (Å²) in [5.41, 5.74) is 6.65. The predicted molar refractivity (Wildman–Crippen MR) is 94.2 cm³/mol. The third-order valence-electron chi connectivity index (χ3n) is 4.95. The molecular weight excluding hydrogens is 322 g/mol. The number of anilines is 2. The zero-order chi connectivity index (χ0) is 17.7. The van der Waals surface area contributed by atoms with Gasteiger partial charge in [-0.15, -0.1) is 0 Å². The van der Waals surface area contributed by atoms with Gasteiger partial charge in [-0.25, -0.2) is 0 Å². The molecule has 1 atom stereocenters. The molecule has 1 aromatic carbocycles. The van der Waals surface area contributed by atoms with Crippen molar-refractivity contribution in [2.75, 3.05) is 37.0 Å². The largest absolute Gasteiger partial charge is 0.381 e. The SMILES string of the molecule is NCC1(C(=O)Nc2ccc(NC(=O)C3CCCO3)cc2)CCOCC1. The lowest BCUT2D eigenvalue weighted by Crippen LogP contribution is -2.46. The Bertz CT molecular complexity index is 605. The highest BCUT2D eigenvalue weighted by molar-refractivity contribution is 5.97. The lowest BCUT2D eigenvalue weighted by atomic mass is 9.79. The molecule has 0 bridgehead atoms. The fourth-order valence-corrected chi connectivity index (χ4v) is 3.19. The van der Waals surface area contributed by atoms with Gasteiger partial charge in [0.15, 0.2) is 0 Å². The number of nitrogens with two attached hydrogens (primary N) is 1. The number of benzene rings is 1. The minimum atomic E-state index is -0.565. The second-order valence-electron chi connectivity index (χ2n) is 6.62. The van der Waals surface area contributed by atoms with Crippen LogP contribution in [-0.4, -0.2) is 44.3 Å². The van der Waals surface area contributed by atoms with E-state index in [2.05, 4.69) is 10.6 Å². The minimum Gasteiger partial charge on any atom is -0.381 e. The van der Waals surface area contributed by atoms with E-state index >= 15 is 0 Å². The van der Waals surface area contributed by atoms with Crippen LogP contribution in [0.1, 0.15) is 25.7 Å². The van der Waals surface area contributed by atoms with Gasteiger partial charge in [0, 0.05) is 37.7 Å². The number of hydrogen-bond donors (Lipinski definition) is 3. The Kier molecular flexibility index (Phi) is 5.67. The van der Waals surface area contributed by atoms with Crippen molar-refractivity contribution < 1.29 is 19.1 Å². The molecule has 2 heterocycles. The van der Waals surface area contributed by atoms with Crippen LogP contribution in [0.2, 0.25) is 0 Å². The number of nitrogens with one attached hydrogen (secondary N) is 2. The van der Waals surface area contributed by atoms with Crippen LogP contribution in [0.3, 0.4) is 0 Å². The van der Waals surface area contributed by atoms with Crippen molar-refractivity contribution in [3.8, 4) is 0 Å². The average molecular weight is 347 g/mol. The predicted octanol–water partition coefficient (Wildman–Crippen LogP) is 1.50. The molecule has 0 aliphatic carbocycles. The first-order chi connectivity index (χ1) is 12.1. The number of hydrogen-bond acceptors (Lipinski definition) is 5. The summed E-state index contributed by atoms with van der Waals surface area (Å²) < 4.78 is 10.7. The highest BCUT2D eigenvalue weighted by atomic mass is 16.5. The van der Waals surface area contributed by atoms with Crippen molar-refractivity contribution in [3.05, 3.63) is 24.3 Å². The molecule has 3 rings (SSSR count).